The second-order valence-electron chi connectivity index (χ2n) is 3.99. The van der Waals surface area contributed by atoms with Gasteiger partial charge in [-0.25, -0.2) is 0 Å². The number of para-hydroxylation sites is 1. The van der Waals surface area contributed by atoms with Gasteiger partial charge in [0.05, 0.1) is 5.52 Å². The Kier molecular flexibility index (Phi) is 4.40. The van der Waals surface area contributed by atoms with E-state index in [1.807, 2.05) is 24.0 Å². The third-order valence-electron chi connectivity index (χ3n) is 2.82. The summed E-state index contributed by atoms with van der Waals surface area (Å²) in [6, 6.07) is 10.9. The number of benzene rings is 1. The van der Waals surface area contributed by atoms with E-state index in [9.17, 15) is 0 Å². The van der Waals surface area contributed by atoms with Gasteiger partial charge in [-0.3, -0.25) is 4.98 Å². The lowest BCUT2D eigenvalue weighted by Gasteiger charge is -2.18. The van der Waals surface area contributed by atoms with Crippen LogP contribution < -0.4 is 5.32 Å². The van der Waals surface area contributed by atoms with E-state index in [0.29, 0.717) is 6.04 Å². The molecule has 2 aromatic rings. The predicted octanol–water partition coefficient (Wildman–Crippen LogP) is 3.25. The maximum absolute atomic E-state index is 4.52. The number of nitrogens with one attached hydrogen (secondary N) is 1. The number of hydrogen-bond donors (Lipinski definition) is 1. The third-order valence-corrected chi connectivity index (χ3v) is 3.49. The molecule has 3 heteroatoms. The average Bonchev–Trinajstić information content (AvgIpc) is 2.38. The Morgan fingerprint density at radius 3 is 2.88 bits per heavy atom. The Bertz CT molecular complexity index is 473. The highest BCUT2D eigenvalue weighted by molar-refractivity contribution is 7.98. The number of aromatic nitrogens is 1. The standard InChI is InChI=1S/C14H18N2S/c1-3-15-13(10-17-2)12-8-4-6-11-7-5-9-16-14(11)12/h4-9,13,15H,3,10H2,1-2H3. The van der Waals surface area contributed by atoms with Crippen molar-refractivity contribution in [2.24, 2.45) is 0 Å². The Hall–Kier alpha value is -1.06. The topological polar surface area (TPSA) is 24.9 Å². The van der Waals surface area contributed by atoms with Gasteiger partial charge in [-0.2, -0.15) is 11.8 Å². The molecule has 1 aromatic heterocycles. The van der Waals surface area contributed by atoms with Crippen molar-refractivity contribution < 1.29 is 0 Å². The van der Waals surface area contributed by atoms with Crippen molar-refractivity contribution in [1.82, 2.24) is 10.3 Å². The molecule has 1 unspecified atom stereocenters. The largest absolute Gasteiger partial charge is 0.309 e. The van der Waals surface area contributed by atoms with E-state index < -0.39 is 0 Å². The van der Waals surface area contributed by atoms with Crippen molar-refractivity contribution in [1.29, 1.82) is 0 Å². The molecule has 1 atom stereocenters. The van der Waals surface area contributed by atoms with Crippen LogP contribution in [0.5, 0.6) is 0 Å². The molecule has 1 heterocycles. The number of nitrogens with zero attached hydrogens (tertiary/aromatic N) is 1. The minimum absolute atomic E-state index is 0.383. The summed E-state index contributed by atoms with van der Waals surface area (Å²) in [7, 11) is 0. The molecule has 0 aliphatic heterocycles. The molecule has 0 radical (unpaired) electrons. The van der Waals surface area contributed by atoms with Crippen molar-refractivity contribution >= 4 is 22.7 Å². The molecule has 0 aliphatic carbocycles. The van der Waals surface area contributed by atoms with Crippen LogP contribution in [-0.4, -0.2) is 23.5 Å². The summed E-state index contributed by atoms with van der Waals surface area (Å²) in [5, 5.41) is 4.75. The predicted molar refractivity (Wildman–Crippen MR) is 76.5 cm³/mol. The van der Waals surface area contributed by atoms with Crippen molar-refractivity contribution in [2.45, 2.75) is 13.0 Å². The van der Waals surface area contributed by atoms with Crippen LogP contribution in [0.1, 0.15) is 18.5 Å². The van der Waals surface area contributed by atoms with Crippen LogP contribution in [0.2, 0.25) is 0 Å². The SMILES string of the molecule is CCNC(CSC)c1cccc2cccnc12. The second kappa shape index (κ2) is 6.03. The van der Waals surface area contributed by atoms with Gasteiger partial charge in [0.1, 0.15) is 0 Å². The number of hydrogen-bond acceptors (Lipinski definition) is 3. The molecule has 0 bridgehead atoms. The first-order valence-corrected chi connectivity index (χ1v) is 7.32. The molecular weight excluding hydrogens is 228 g/mol. The molecule has 90 valence electrons. The summed E-state index contributed by atoms with van der Waals surface area (Å²) < 4.78 is 0. The number of fused-ring (bicyclic) bond motifs is 1. The van der Waals surface area contributed by atoms with E-state index >= 15 is 0 Å². The van der Waals surface area contributed by atoms with Crippen LogP contribution in [0.15, 0.2) is 36.5 Å². The fraction of sp³-hybridized carbons (Fsp3) is 0.357. The van der Waals surface area contributed by atoms with Crippen molar-refractivity contribution in [3.05, 3.63) is 42.1 Å². The smallest absolute Gasteiger partial charge is 0.0750 e. The quantitative estimate of drug-likeness (QED) is 0.876. The molecule has 0 fully saturated rings. The number of pyridine rings is 1. The highest BCUT2D eigenvalue weighted by Crippen LogP contribution is 2.24. The van der Waals surface area contributed by atoms with E-state index in [0.717, 1.165) is 17.8 Å². The van der Waals surface area contributed by atoms with Gasteiger partial charge in [0, 0.05) is 23.4 Å². The lowest BCUT2D eigenvalue weighted by molar-refractivity contribution is 0.609. The fourth-order valence-corrected chi connectivity index (χ4v) is 2.71. The highest BCUT2D eigenvalue weighted by Gasteiger charge is 2.12. The van der Waals surface area contributed by atoms with Crippen LogP contribution in [0, 0.1) is 0 Å². The second-order valence-corrected chi connectivity index (χ2v) is 4.90. The molecule has 17 heavy (non-hydrogen) atoms. The first-order valence-electron chi connectivity index (χ1n) is 5.92. The van der Waals surface area contributed by atoms with Crippen LogP contribution in [0.25, 0.3) is 10.9 Å². The summed E-state index contributed by atoms with van der Waals surface area (Å²) >= 11 is 1.86. The normalized spacial score (nSPS) is 12.8. The summed E-state index contributed by atoms with van der Waals surface area (Å²) in [5.74, 6) is 1.07. The van der Waals surface area contributed by atoms with Crippen LogP contribution >= 0.6 is 11.8 Å². The maximum atomic E-state index is 4.52. The molecule has 0 saturated carbocycles. The third kappa shape index (κ3) is 2.79. The van der Waals surface area contributed by atoms with Crippen LogP contribution in [0.3, 0.4) is 0 Å². The zero-order valence-electron chi connectivity index (χ0n) is 10.3. The average molecular weight is 246 g/mol. The Balaban J connectivity index is 2.44. The Morgan fingerprint density at radius 2 is 2.12 bits per heavy atom. The van der Waals surface area contributed by atoms with Gasteiger partial charge < -0.3 is 5.32 Å². The van der Waals surface area contributed by atoms with Crippen molar-refractivity contribution in [3.8, 4) is 0 Å². The molecule has 0 saturated heterocycles. The van der Waals surface area contributed by atoms with Crippen molar-refractivity contribution in [3.63, 3.8) is 0 Å². The number of rotatable bonds is 5. The molecule has 2 nitrogen and oxygen atoms in total. The van der Waals surface area contributed by atoms with E-state index in [1.54, 1.807) is 0 Å². The first-order chi connectivity index (χ1) is 8.36. The monoisotopic (exact) mass is 246 g/mol. The Labute approximate surface area is 107 Å². The van der Waals surface area contributed by atoms with E-state index in [-0.39, 0.29) is 0 Å². The number of thioether (sulfide) groups is 1. The summed E-state index contributed by atoms with van der Waals surface area (Å²) in [5.41, 5.74) is 2.43. The molecule has 0 spiro atoms. The van der Waals surface area contributed by atoms with Gasteiger partial charge in [0.15, 0.2) is 0 Å². The maximum Gasteiger partial charge on any atom is 0.0750 e. The highest BCUT2D eigenvalue weighted by atomic mass is 32.2. The zero-order chi connectivity index (χ0) is 12.1. The van der Waals surface area contributed by atoms with Gasteiger partial charge in [-0.1, -0.05) is 31.2 Å². The fourth-order valence-electron chi connectivity index (χ4n) is 2.08. The Morgan fingerprint density at radius 1 is 1.29 bits per heavy atom. The van der Waals surface area contributed by atoms with Gasteiger partial charge in [-0.15, -0.1) is 0 Å². The molecule has 0 amide bonds. The molecule has 2 rings (SSSR count). The lowest BCUT2D eigenvalue weighted by atomic mass is 10.0. The molecule has 1 N–H and O–H groups in total. The van der Waals surface area contributed by atoms with Gasteiger partial charge in [-0.05, 0) is 24.4 Å². The van der Waals surface area contributed by atoms with Gasteiger partial charge in [0.25, 0.3) is 0 Å². The van der Waals surface area contributed by atoms with Crippen LogP contribution in [0.4, 0.5) is 0 Å². The van der Waals surface area contributed by atoms with E-state index in [2.05, 4.69) is 47.7 Å². The van der Waals surface area contributed by atoms with E-state index in [4.69, 9.17) is 0 Å². The van der Waals surface area contributed by atoms with Gasteiger partial charge >= 0.3 is 0 Å². The molecular formula is C14H18N2S. The van der Waals surface area contributed by atoms with E-state index in [1.165, 1.54) is 10.9 Å². The zero-order valence-corrected chi connectivity index (χ0v) is 11.1. The minimum atomic E-state index is 0.383. The first kappa shape index (κ1) is 12.4. The molecule has 0 aliphatic rings. The lowest BCUT2D eigenvalue weighted by Crippen LogP contribution is -2.23. The summed E-state index contributed by atoms with van der Waals surface area (Å²) in [6.07, 6.45) is 4.01. The minimum Gasteiger partial charge on any atom is -0.309 e. The summed E-state index contributed by atoms with van der Waals surface area (Å²) in [6.45, 7) is 3.13. The van der Waals surface area contributed by atoms with Crippen molar-refractivity contribution in [2.75, 3.05) is 18.6 Å². The van der Waals surface area contributed by atoms with Crippen LogP contribution in [-0.2, 0) is 0 Å². The molecule has 1 aromatic carbocycles. The van der Waals surface area contributed by atoms with Gasteiger partial charge in [0.2, 0.25) is 0 Å². The summed E-state index contributed by atoms with van der Waals surface area (Å²) in [4.78, 5) is 4.52.